The van der Waals surface area contributed by atoms with E-state index < -0.39 is 15.6 Å². The Morgan fingerprint density at radius 3 is 1.82 bits per heavy atom. The zero-order valence-electron chi connectivity index (χ0n) is 11.0. The van der Waals surface area contributed by atoms with Gasteiger partial charge in [-0.15, -0.1) is 0 Å². The van der Waals surface area contributed by atoms with Crippen LogP contribution in [0, 0.1) is 0 Å². The Labute approximate surface area is 148 Å². The summed E-state index contributed by atoms with van der Waals surface area (Å²) in [5, 5.41) is 8.96. The van der Waals surface area contributed by atoms with Crippen LogP contribution in [0.25, 0.3) is 0 Å². The van der Waals surface area contributed by atoms with Crippen molar-refractivity contribution in [3.05, 3.63) is 0 Å². The summed E-state index contributed by atoms with van der Waals surface area (Å²) in [5.74, 6) is 0. The molecule has 0 saturated carbocycles. The maximum Gasteiger partial charge on any atom is 1.00 e. The second kappa shape index (κ2) is 12.5. The summed E-state index contributed by atoms with van der Waals surface area (Å²) in [6.07, 6.45) is 8.75. The van der Waals surface area contributed by atoms with Crippen LogP contribution in [-0.2, 0) is 10.1 Å². The maximum atomic E-state index is 10.4. The molecule has 1 unspecified atom stereocenters. The smallest absolute Gasteiger partial charge is 0.746 e. The Bertz CT molecular complexity index is 254. The minimum absolute atomic E-state index is 0. The number of unbranched alkanes of at least 4 members (excludes halogenated alkanes) is 7. The van der Waals surface area contributed by atoms with Crippen molar-refractivity contribution >= 4 is 10.1 Å². The van der Waals surface area contributed by atoms with Gasteiger partial charge in [0.1, 0.15) is 15.6 Å². The fraction of sp³-hybridized carbons (Fsp3) is 1.00. The van der Waals surface area contributed by atoms with Crippen LogP contribution < -0.4 is 51.4 Å². The Kier molecular flexibility index (Phi) is 15.3. The zero-order chi connectivity index (χ0) is 12.4. The summed E-state index contributed by atoms with van der Waals surface area (Å²) in [6.45, 7) is 2.17. The molecule has 0 spiro atoms. The largest absolute Gasteiger partial charge is 1.00 e. The first-order valence-corrected chi connectivity index (χ1v) is 7.58. The molecule has 0 aromatic rings. The minimum atomic E-state index is -4.50. The van der Waals surface area contributed by atoms with Crippen LogP contribution >= 0.6 is 0 Å². The maximum absolute atomic E-state index is 10.4. The average Bonchev–Trinajstić information content (AvgIpc) is 2.20. The zero-order valence-corrected chi connectivity index (χ0v) is 15.0. The van der Waals surface area contributed by atoms with Crippen molar-refractivity contribution in [2.45, 2.75) is 70.1 Å². The monoisotopic (exact) mass is 290 g/mol. The van der Waals surface area contributed by atoms with Crippen molar-refractivity contribution in [3.63, 3.8) is 0 Å². The first kappa shape index (κ1) is 20.8. The quantitative estimate of drug-likeness (QED) is 0.331. The molecular weight excluding hydrogens is 267 g/mol. The van der Waals surface area contributed by atoms with Crippen molar-refractivity contribution in [1.29, 1.82) is 0 Å². The molecule has 1 atom stereocenters. The van der Waals surface area contributed by atoms with Gasteiger partial charge in [0.15, 0.2) is 0 Å². The predicted octanol–water partition coefficient (Wildman–Crippen LogP) is -0.615. The Hall–Kier alpha value is 1.51. The number of aliphatic hydroxyl groups is 1. The Morgan fingerprint density at radius 1 is 1.00 bits per heavy atom. The fourth-order valence-electron chi connectivity index (χ4n) is 1.60. The summed E-state index contributed by atoms with van der Waals surface area (Å²) in [4.78, 5) is 0. The van der Waals surface area contributed by atoms with Crippen molar-refractivity contribution in [2.24, 2.45) is 0 Å². The van der Waals surface area contributed by atoms with Gasteiger partial charge in [0.25, 0.3) is 0 Å². The number of hydrogen-bond acceptors (Lipinski definition) is 4. The molecule has 0 amide bonds. The van der Waals surface area contributed by atoms with Crippen molar-refractivity contribution < 1.29 is 69.5 Å². The van der Waals surface area contributed by atoms with Crippen LogP contribution in [0.5, 0.6) is 0 Å². The average molecular weight is 290 g/mol. The molecule has 4 nitrogen and oxygen atoms in total. The second-order valence-corrected chi connectivity index (χ2v) is 5.74. The number of aliphatic hydroxyl groups excluding tert-OH is 1. The standard InChI is InChI=1S/C11H24O4S.K/c1-2-3-4-5-6-7-8-9-10-11(12)16(13,14)15;/h11-12H,2-10H2,1H3,(H,13,14,15);/q;+1/p-1. The van der Waals surface area contributed by atoms with Gasteiger partial charge in [-0.25, -0.2) is 8.42 Å². The van der Waals surface area contributed by atoms with Gasteiger partial charge >= 0.3 is 51.4 Å². The first-order chi connectivity index (χ1) is 7.48. The molecule has 0 heterocycles. The van der Waals surface area contributed by atoms with E-state index in [9.17, 15) is 13.0 Å². The third-order valence-corrected chi connectivity index (χ3v) is 3.54. The first-order valence-electron chi connectivity index (χ1n) is 6.11. The van der Waals surface area contributed by atoms with E-state index in [2.05, 4.69) is 6.92 Å². The van der Waals surface area contributed by atoms with Crippen LogP contribution in [0.2, 0.25) is 0 Å². The third kappa shape index (κ3) is 13.7. The molecular formula is C11H23KO4S. The van der Waals surface area contributed by atoms with Crippen LogP contribution in [0.4, 0.5) is 0 Å². The van der Waals surface area contributed by atoms with Crippen molar-refractivity contribution in [3.8, 4) is 0 Å². The molecule has 0 fully saturated rings. The van der Waals surface area contributed by atoms with E-state index >= 15 is 0 Å². The van der Waals surface area contributed by atoms with E-state index in [0.29, 0.717) is 6.42 Å². The molecule has 1 N–H and O–H groups in total. The van der Waals surface area contributed by atoms with E-state index in [1.165, 1.54) is 25.7 Å². The van der Waals surface area contributed by atoms with Crippen molar-refractivity contribution in [2.75, 3.05) is 0 Å². The summed E-state index contributed by atoms with van der Waals surface area (Å²) >= 11 is 0. The van der Waals surface area contributed by atoms with E-state index in [4.69, 9.17) is 5.11 Å². The summed E-state index contributed by atoms with van der Waals surface area (Å²) in [7, 11) is -4.50. The van der Waals surface area contributed by atoms with Crippen LogP contribution in [0.15, 0.2) is 0 Å². The van der Waals surface area contributed by atoms with Crippen LogP contribution in [-0.4, -0.2) is 23.5 Å². The molecule has 0 radical (unpaired) electrons. The number of rotatable bonds is 10. The molecule has 0 saturated heterocycles. The normalized spacial score (nSPS) is 13.1. The van der Waals surface area contributed by atoms with Gasteiger partial charge in [0, 0.05) is 0 Å². The van der Waals surface area contributed by atoms with Gasteiger partial charge in [0.05, 0.1) is 0 Å². The molecule has 0 aromatic carbocycles. The van der Waals surface area contributed by atoms with Crippen molar-refractivity contribution in [1.82, 2.24) is 0 Å². The van der Waals surface area contributed by atoms with Crippen LogP contribution in [0.3, 0.4) is 0 Å². The summed E-state index contributed by atoms with van der Waals surface area (Å²) < 4.78 is 31.1. The molecule has 0 rings (SSSR count). The molecule has 0 aromatic heterocycles. The van der Waals surface area contributed by atoms with E-state index in [-0.39, 0.29) is 57.8 Å². The third-order valence-electron chi connectivity index (χ3n) is 2.64. The number of hydrogen-bond donors (Lipinski definition) is 1. The molecule has 6 heteroatoms. The molecule has 0 aliphatic carbocycles. The molecule has 17 heavy (non-hydrogen) atoms. The summed E-state index contributed by atoms with van der Waals surface area (Å²) in [6, 6.07) is 0. The van der Waals surface area contributed by atoms with Gasteiger partial charge in [-0.1, -0.05) is 51.9 Å². The van der Waals surface area contributed by atoms with E-state index in [1.807, 2.05) is 0 Å². The van der Waals surface area contributed by atoms with Gasteiger partial charge < -0.3 is 9.66 Å². The SMILES string of the molecule is CCCCCCCCCCC(O)S(=O)(=O)[O-].[K+]. The predicted molar refractivity (Wildman–Crippen MR) is 62.9 cm³/mol. The van der Waals surface area contributed by atoms with Crippen LogP contribution in [0.1, 0.15) is 64.7 Å². The van der Waals surface area contributed by atoms with E-state index in [0.717, 1.165) is 19.3 Å². The van der Waals surface area contributed by atoms with E-state index in [1.54, 1.807) is 0 Å². The van der Waals surface area contributed by atoms with Gasteiger partial charge in [-0.05, 0) is 12.8 Å². The van der Waals surface area contributed by atoms with Gasteiger partial charge in [-0.3, -0.25) is 0 Å². The Morgan fingerprint density at radius 2 is 1.41 bits per heavy atom. The summed E-state index contributed by atoms with van der Waals surface area (Å²) in [5.41, 5.74) is -1.72. The molecule has 0 aliphatic rings. The molecule has 0 bridgehead atoms. The second-order valence-electron chi connectivity index (χ2n) is 4.21. The Balaban J connectivity index is 0. The van der Waals surface area contributed by atoms with Gasteiger partial charge in [0.2, 0.25) is 0 Å². The van der Waals surface area contributed by atoms with Gasteiger partial charge in [-0.2, -0.15) is 0 Å². The molecule has 98 valence electrons. The topological polar surface area (TPSA) is 77.4 Å². The minimum Gasteiger partial charge on any atom is -0.746 e. The fourth-order valence-corrected chi connectivity index (χ4v) is 2.05. The molecule has 0 aliphatic heterocycles.